The SMILES string of the molecule is Cc1cc(C(=O)N2CCC[C@@H](Cc3nccnc3N)C2)on1. The number of carbonyl (C=O) groups is 1. The van der Waals surface area contributed by atoms with Gasteiger partial charge in [0.1, 0.15) is 5.82 Å². The maximum atomic E-state index is 12.4. The summed E-state index contributed by atoms with van der Waals surface area (Å²) in [6.07, 6.45) is 5.98. The minimum absolute atomic E-state index is 0.0996. The number of nitrogens with zero attached hydrogens (tertiary/aromatic N) is 4. The zero-order valence-electron chi connectivity index (χ0n) is 12.5. The van der Waals surface area contributed by atoms with Crippen molar-refractivity contribution in [3.05, 3.63) is 35.6 Å². The number of likely N-dealkylation sites (tertiary alicyclic amines) is 1. The Labute approximate surface area is 128 Å². The number of carbonyl (C=O) groups excluding carboxylic acids is 1. The molecular weight excluding hydrogens is 282 g/mol. The van der Waals surface area contributed by atoms with Crippen LogP contribution in [0.5, 0.6) is 0 Å². The van der Waals surface area contributed by atoms with Gasteiger partial charge in [-0.15, -0.1) is 0 Å². The summed E-state index contributed by atoms with van der Waals surface area (Å²) in [5.74, 6) is 1.01. The fraction of sp³-hybridized carbons (Fsp3) is 0.467. The highest BCUT2D eigenvalue weighted by atomic mass is 16.5. The molecule has 22 heavy (non-hydrogen) atoms. The Morgan fingerprint density at radius 2 is 2.27 bits per heavy atom. The van der Waals surface area contributed by atoms with E-state index in [0.29, 0.717) is 29.7 Å². The van der Waals surface area contributed by atoms with E-state index in [1.165, 1.54) is 0 Å². The van der Waals surface area contributed by atoms with E-state index in [1.54, 1.807) is 25.4 Å². The Balaban J connectivity index is 1.67. The lowest BCUT2D eigenvalue weighted by Crippen LogP contribution is -2.40. The summed E-state index contributed by atoms with van der Waals surface area (Å²) < 4.78 is 5.07. The largest absolute Gasteiger partial charge is 0.382 e. The Morgan fingerprint density at radius 1 is 1.45 bits per heavy atom. The summed E-state index contributed by atoms with van der Waals surface area (Å²) in [5, 5.41) is 3.77. The summed E-state index contributed by atoms with van der Waals surface area (Å²) >= 11 is 0. The van der Waals surface area contributed by atoms with Crippen molar-refractivity contribution in [2.75, 3.05) is 18.8 Å². The number of nitrogen functional groups attached to an aromatic ring is 1. The van der Waals surface area contributed by atoms with Crippen molar-refractivity contribution in [3.63, 3.8) is 0 Å². The number of piperidine rings is 1. The van der Waals surface area contributed by atoms with Gasteiger partial charge in [0.05, 0.1) is 11.4 Å². The molecule has 0 unspecified atom stereocenters. The topological polar surface area (TPSA) is 98.1 Å². The van der Waals surface area contributed by atoms with Crippen LogP contribution >= 0.6 is 0 Å². The molecule has 0 aliphatic carbocycles. The molecule has 0 spiro atoms. The second kappa shape index (κ2) is 6.13. The fourth-order valence-electron chi connectivity index (χ4n) is 2.84. The van der Waals surface area contributed by atoms with Crippen molar-refractivity contribution in [2.24, 2.45) is 5.92 Å². The lowest BCUT2D eigenvalue weighted by Gasteiger charge is -2.32. The number of anilines is 1. The average molecular weight is 301 g/mol. The summed E-state index contributed by atoms with van der Waals surface area (Å²) in [6, 6.07) is 1.67. The van der Waals surface area contributed by atoms with Crippen LogP contribution in [0, 0.1) is 12.8 Å². The van der Waals surface area contributed by atoms with Gasteiger partial charge in [-0.2, -0.15) is 0 Å². The smallest absolute Gasteiger partial charge is 0.292 e. The van der Waals surface area contributed by atoms with Gasteiger partial charge in [-0.05, 0) is 32.1 Å². The summed E-state index contributed by atoms with van der Waals surface area (Å²) in [6.45, 7) is 3.22. The van der Waals surface area contributed by atoms with Crippen LogP contribution in [0.4, 0.5) is 5.82 Å². The lowest BCUT2D eigenvalue weighted by atomic mass is 9.93. The Kier molecular flexibility index (Phi) is 4.04. The van der Waals surface area contributed by atoms with Gasteiger partial charge in [0.25, 0.3) is 5.91 Å². The first kappa shape index (κ1) is 14.5. The van der Waals surface area contributed by atoms with E-state index in [2.05, 4.69) is 15.1 Å². The van der Waals surface area contributed by atoms with E-state index in [1.807, 2.05) is 4.90 Å². The molecule has 2 aromatic rings. The van der Waals surface area contributed by atoms with Crippen LogP contribution in [-0.2, 0) is 6.42 Å². The van der Waals surface area contributed by atoms with E-state index >= 15 is 0 Å². The number of amides is 1. The lowest BCUT2D eigenvalue weighted by molar-refractivity contribution is 0.0631. The number of nitrogens with two attached hydrogens (primary N) is 1. The number of hydrogen-bond acceptors (Lipinski definition) is 6. The molecule has 0 aromatic carbocycles. The van der Waals surface area contributed by atoms with Crippen molar-refractivity contribution in [3.8, 4) is 0 Å². The first-order valence-electron chi connectivity index (χ1n) is 7.41. The molecule has 2 N–H and O–H groups in total. The van der Waals surface area contributed by atoms with E-state index in [-0.39, 0.29) is 5.91 Å². The van der Waals surface area contributed by atoms with Crippen molar-refractivity contribution >= 4 is 11.7 Å². The van der Waals surface area contributed by atoms with Crippen molar-refractivity contribution in [1.82, 2.24) is 20.0 Å². The third-order valence-corrected chi connectivity index (χ3v) is 3.93. The predicted octanol–water partition coefficient (Wildman–Crippen LogP) is 1.45. The van der Waals surface area contributed by atoms with Crippen LogP contribution in [-0.4, -0.2) is 39.0 Å². The maximum Gasteiger partial charge on any atom is 0.292 e. The first-order chi connectivity index (χ1) is 10.6. The quantitative estimate of drug-likeness (QED) is 0.921. The number of hydrogen-bond donors (Lipinski definition) is 1. The fourth-order valence-corrected chi connectivity index (χ4v) is 2.84. The van der Waals surface area contributed by atoms with E-state index in [9.17, 15) is 4.79 Å². The average Bonchev–Trinajstić information content (AvgIpc) is 2.96. The second-order valence-corrected chi connectivity index (χ2v) is 5.68. The van der Waals surface area contributed by atoms with Crippen LogP contribution in [0.1, 0.15) is 34.8 Å². The van der Waals surface area contributed by atoms with Gasteiger partial charge in [0.15, 0.2) is 0 Å². The summed E-state index contributed by atoms with van der Waals surface area (Å²) in [4.78, 5) is 22.6. The van der Waals surface area contributed by atoms with Crippen LogP contribution in [0.2, 0.25) is 0 Å². The molecule has 1 aliphatic heterocycles. The molecule has 1 atom stereocenters. The molecule has 1 fully saturated rings. The molecule has 0 bridgehead atoms. The molecule has 0 radical (unpaired) electrons. The molecule has 7 nitrogen and oxygen atoms in total. The molecule has 3 rings (SSSR count). The molecule has 2 aromatic heterocycles. The standard InChI is InChI=1S/C15H19N5O2/c1-10-7-13(22-19-10)15(21)20-6-2-3-11(9-20)8-12-14(16)18-5-4-17-12/h4-5,7,11H,2-3,6,8-9H2,1H3,(H2,16,18)/t11-/m0/s1. The maximum absolute atomic E-state index is 12.4. The number of aryl methyl sites for hydroxylation is 1. The van der Waals surface area contributed by atoms with Gasteiger partial charge in [-0.3, -0.25) is 9.78 Å². The van der Waals surface area contributed by atoms with E-state index in [0.717, 1.165) is 31.5 Å². The summed E-state index contributed by atoms with van der Waals surface area (Å²) in [5.41, 5.74) is 7.36. The molecule has 3 heterocycles. The Bertz CT molecular complexity index is 669. The first-order valence-corrected chi connectivity index (χ1v) is 7.41. The molecule has 1 amide bonds. The second-order valence-electron chi connectivity index (χ2n) is 5.68. The van der Waals surface area contributed by atoms with Gasteiger partial charge in [0.2, 0.25) is 5.76 Å². The minimum Gasteiger partial charge on any atom is -0.382 e. The van der Waals surface area contributed by atoms with Crippen molar-refractivity contribution < 1.29 is 9.32 Å². The molecule has 1 aliphatic rings. The normalized spacial score (nSPS) is 18.4. The van der Waals surface area contributed by atoms with Crippen molar-refractivity contribution in [2.45, 2.75) is 26.2 Å². The van der Waals surface area contributed by atoms with Crippen LogP contribution in [0.15, 0.2) is 23.0 Å². The zero-order valence-corrected chi connectivity index (χ0v) is 12.5. The highest BCUT2D eigenvalue weighted by Gasteiger charge is 2.27. The summed E-state index contributed by atoms with van der Waals surface area (Å²) in [7, 11) is 0. The van der Waals surface area contributed by atoms with Gasteiger partial charge in [-0.1, -0.05) is 5.16 Å². The molecule has 7 heteroatoms. The monoisotopic (exact) mass is 301 g/mol. The number of aromatic nitrogens is 3. The minimum atomic E-state index is -0.0996. The van der Waals surface area contributed by atoms with Crippen LogP contribution < -0.4 is 5.73 Å². The van der Waals surface area contributed by atoms with Gasteiger partial charge in [-0.25, -0.2) is 4.98 Å². The van der Waals surface area contributed by atoms with E-state index < -0.39 is 0 Å². The molecule has 1 saturated heterocycles. The highest BCUT2D eigenvalue weighted by Crippen LogP contribution is 2.23. The van der Waals surface area contributed by atoms with Crippen LogP contribution in [0.25, 0.3) is 0 Å². The molecular formula is C15H19N5O2. The molecule has 0 saturated carbocycles. The van der Waals surface area contributed by atoms with Gasteiger partial charge >= 0.3 is 0 Å². The van der Waals surface area contributed by atoms with Crippen molar-refractivity contribution in [1.29, 1.82) is 0 Å². The van der Waals surface area contributed by atoms with E-state index in [4.69, 9.17) is 10.3 Å². The third-order valence-electron chi connectivity index (χ3n) is 3.93. The zero-order chi connectivity index (χ0) is 15.5. The van der Waals surface area contributed by atoms with Crippen LogP contribution in [0.3, 0.4) is 0 Å². The number of rotatable bonds is 3. The Hall–Kier alpha value is -2.44. The molecule has 116 valence electrons. The third kappa shape index (κ3) is 3.08. The predicted molar refractivity (Wildman–Crippen MR) is 80.0 cm³/mol. The van der Waals surface area contributed by atoms with Gasteiger partial charge in [0, 0.05) is 31.5 Å². The van der Waals surface area contributed by atoms with Gasteiger partial charge < -0.3 is 15.2 Å². The Morgan fingerprint density at radius 3 is 3.00 bits per heavy atom. The highest BCUT2D eigenvalue weighted by molar-refractivity contribution is 5.91.